The molecule has 0 radical (unpaired) electrons. The zero-order valence-electron chi connectivity index (χ0n) is 9.44. The van der Waals surface area contributed by atoms with Crippen molar-refractivity contribution in [2.75, 3.05) is 11.2 Å². The minimum Gasteiger partial charge on any atom is -0.383 e. The number of nitrogens with zero attached hydrogens (tertiary/aromatic N) is 2. The number of nitrogens with one attached hydrogen (secondary N) is 2. The van der Waals surface area contributed by atoms with Gasteiger partial charge in [-0.3, -0.25) is 0 Å². The molecule has 1 aliphatic heterocycles. The first-order valence-corrected chi connectivity index (χ1v) is 5.44. The molecule has 17 heavy (non-hydrogen) atoms. The van der Waals surface area contributed by atoms with Crippen LogP contribution in [0.3, 0.4) is 0 Å². The first-order chi connectivity index (χ1) is 8.25. The van der Waals surface area contributed by atoms with Crippen molar-refractivity contribution in [3.8, 4) is 0 Å². The monoisotopic (exact) mass is 227 g/mol. The average molecular weight is 227 g/mol. The van der Waals surface area contributed by atoms with Crippen molar-refractivity contribution in [1.29, 1.82) is 0 Å². The van der Waals surface area contributed by atoms with E-state index >= 15 is 0 Å². The molecule has 1 aromatic carbocycles. The summed E-state index contributed by atoms with van der Waals surface area (Å²) in [5, 5.41) is 0. The quantitative estimate of drug-likeness (QED) is 0.686. The van der Waals surface area contributed by atoms with E-state index in [1.165, 1.54) is 11.9 Å². The molecule has 1 atom stereocenters. The molecule has 86 valence electrons. The Morgan fingerprint density at radius 3 is 2.71 bits per heavy atom. The lowest BCUT2D eigenvalue weighted by molar-refractivity contribution is 0.728. The van der Waals surface area contributed by atoms with Gasteiger partial charge in [0.05, 0.1) is 11.6 Å². The predicted molar refractivity (Wildman–Crippen MR) is 66.2 cm³/mol. The highest BCUT2D eigenvalue weighted by molar-refractivity contribution is 5.62. The van der Waals surface area contributed by atoms with Gasteiger partial charge >= 0.3 is 0 Å². The molecule has 1 unspecified atom stereocenters. The van der Waals surface area contributed by atoms with Crippen LogP contribution in [0.5, 0.6) is 0 Å². The third-order valence-corrected chi connectivity index (χ3v) is 2.95. The van der Waals surface area contributed by atoms with Gasteiger partial charge in [0.25, 0.3) is 0 Å². The SMILES string of the molecule is Cc1ccc(C2NNc3ncnc(N)c32)cc1. The van der Waals surface area contributed by atoms with E-state index in [0.29, 0.717) is 5.82 Å². The summed E-state index contributed by atoms with van der Waals surface area (Å²) in [5.74, 6) is 1.26. The number of nitrogen functional groups attached to an aromatic ring is 1. The number of hydrazine groups is 1. The van der Waals surface area contributed by atoms with Crippen LogP contribution < -0.4 is 16.6 Å². The molecule has 2 heterocycles. The highest BCUT2D eigenvalue weighted by Gasteiger charge is 2.27. The van der Waals surface area contributed by atoms with E-state index in [0.717, 1.165) is 16.9 Å². The fourth-order valence-electron chi connectivity index (χ4n) is 2.02. The van der Waals surface area contributed by atoms with E-state index in [9.17, 15) is 0 Å². The summed E-state index contributed by atoms with van der Waals surface area (Å²) < 4.78 is 0. The van der Waals surface area contributed by atoms with Gasteiger partial charge < -0.3 is 11.2 Å². The topological polar surface area (TPSA) is 75.9 Å². The van der Waals surface area contributed by atoms with Gasteiger partial charge in [-0.25, -0.2) is 15.4 Å². The molecule has 5 heteroatoms. The molecular formula is C12H13N5. The number of aromatic nitrogens is 2. The van der Waals surface area contributed by atoms with Gasteiger partial charge in [0.2, 0.25) is 0 Å². The number of nitrogens with two attached hydrogens (primary N) is 1. The molecular weight excluding hydrogens is 214 g/mol. The maximum Gasteiger partial charge on any atom is 0.150 e. The summed E-state index contributed by atoms with van der Waals surface area (Å²) in [4.78, 5) is 8.18. The Kier molecular flexibility index (Phi) is 2.19. The zero-order chi connectivity index (χ0) is 11.8. The van der Waals surface area contributed by atoms with Crippen LogP contribution in [0.25, 0.3) is 0 Å². The highest BCUT2D eigenvalue weighted by Crippen LogP contribution is 2.34. The number of fused-ring (bicyclic) bond motifs is 1. The van der Waals surface area contributed by atoms with Crippen molar-refractivity contribution in [2.24, 2.45) is 0 Å². The Hall–Kier alpha value is -2.14. The standard InChI is InChI=1S/C12H13N5/c1-7-2-4-8(5-3-7)10-9-11(13)14-6-15-12(9)17-16-10/h2-6,10,16H,1H3,(H3,13,14,15,17). The molecule has 4 N–H and O–H groups in total. The molecule has 0 saturated carbocycles. The van der Waals surface area contributed by atoms with E-state index < -0.39 is 0 Å². The van der Waals surface area contributed by atoms with Crippen LogP contribution in [0.4, 0.5) is 11.6 Å². The van der Waals surface area contributed by atoms with E-state index in [2.05, 4.69) is 52.0 Å². The summed E-state index contributed by atoms with van der Waals surface area (Å²) in [6.45, 7) is 2.07. The summed E-state index contributed by atoms with van der Waals surface area (Å²) in [6, 6.07) is 8.32. The van der Waals surface area contributed by atoms with Crippen LogP contribution in [-0.4, -0.2) is 9.97 Å². The summed E-state index contributed by atoms with van der Waals surface area (Å²) >= 11 is 0. The molecule has 1 aliphatic rings. The predicted octanol–water partition coefficient (Wildman–Crippen LogP) is 1.39. The lowest BCUT2D eigenvalue weighted by atomic mass is 10.0. The second-order valence-electron chi connectivity index (χ2n) is 4.13. The zero-order valence-corrected chi connectivity index (χ0v) is 9.44. The Labute approximate surface area is 99.1 Å². The minimum atomic E-state index is 0.00630. The van der Waals surface area contributed by atoms with Gasteiger partial charge in [0.1, 0.15) is 12.1 Å². The number of aryl methyl sites for hydroxylation is 1. The van der Waals surface area contributed by atoms with Gasteiger partial charge in [-0.2, -0.15) is 0 Å². The molecule has 2 aromatic rings. The molecule has 3 rings (SSSR count). The molecule has 0 saturated heterocycles. The highest BCUT2D eigenvalue weighted by atomic mass is 15.4. The fraction of sp³-hybridized carbons (Fsp3) is 0.167. The second-order valence-corrected chi connectivity index (χ2v) is 4.13. The normalized spacial score (nSPS) is 17.6. The van der Waals surface area contributed by atoms with Crippen LogP contribution in [0, 0.1) is 6.92 Å². The third-order valence-electron chi connectivity index (χ3n) is 2.95. The molecule has 1 aromatic heterocycles. The molecule has 0 fully saturated rings. The van der Waals surface area contributed by atoms with Crippen molar-refractivity contribution in [2.45, 2.75) is 13.0 Å². The Morgan fingerprint density at radius 1 is 1.18 bits per heavy atom. The van der Waals surface area contributed by atoms with Crippen LogP contribution in [0.15, 0.2) is 30.6 Å². The van der Waals surface area contributed by atoms with Gasteiger partial charge in [0.15, 0.2) is 5.82 Å². The van der Waals surface area contributed by atoms with Crippen LogP contribution >= 0.6 is 0 Å². The number of anilines is 2. The van der Waals surface area contributed by atoms with Crippen LogP contribution in [-0.2, 0) is 0 Å². The molecule has 0 aliphatic carbocycles. The van der Waals surface area contributed by atoms with E-state index in [1.54, 1.807) is 0 Å². The van der Waals surface area contributed by atoms with Crippen LogP contribution in [0.2, 0.25) is 0 Å². The van der Waals surface area contributed by atoms with Crippen molar-refractivity contribution >= 4 is 11.6 Å². The van der Waals surface area contributed by atoms with Crippen molar-refractivity contribution in [3.05, 3.63) is 47.3 Å². The van der Waals surface area contributed by atoms with E-state index in [-0.39, 0.29) is 6.04 Å². The molecule has 0 spiro atoms. The maximum atomic E-state index is 5.90. The number of hydrogen-bond acceptors (Lipinski definition) is 5. The number of rotatable bonds is 1. The van der Waals surface area contributed by atoms with Crippen molar-refractivity contribution in [3.63, 3.8) is 0 Å². The fourth-order valence-corrected chi connectivity index (χ4v) is 2.02. The second kappa shape index (κ2) is 3.71. The summed E-state index contributed by atoms with van der Waals surface area (Å²) in [5.41, 5.74) is 15.4. The number of benzene rings is 1. The Morgan fingerprint density at radius 2 is 1.94 bits per heavy atom. The first kappa shape index (κ1) is 10.0. The summed E-state index contributed by atoms with van der Waals surface area (Å²) in [6.07, 6.45) is 1.46. The number of hydrogen-bond donors (Lipinski definition) is 3. The lowest BCUT2D eigenvalue weighted by Crippen LogP contribution is -2.20. The average Bonchev–Trinajstić information content (AvgIpc) is 2.75. The Balaban J connectivity index is 2.06. The first-order valence-electron chi connectivity index (χ1n) is 5.44. The van der Waals surface area contributed by atoms with Gasteiger partial charge in [-0.15, -0.1) is 0 Å². The smallest absolute Gasteiger partial charge is 0.150 e. The van der Waals surface area contributed by atoms with Gasteiger partial charge in [-0.05, 0) is 12.5 Å². The lowest BCUT2D eigenvalue weighted by Gasteiger charge is -2.12. The van der Waals surface area contributed by atoms with Crippen molar-refractivity contribution < 1.29 is 0 Å². The largest absolute Gasteiger partial charge is 0.383 e. The minimum absolute atomic E-state index is 0.00630. The maximum absolute atomic E-state index is 5.90. The Bertz CT molecular complexity index is 549. The van der Waals surface area contributed by atoms with E-state index in [4.69, 9.17) is 5.73 Å². The van der Waals surface area contributed by atoms with Gasteiger partial charge in [0, 0.05) is 0 Å². The molecule has 0 bridgehead atoms. The van der Waals surface area contributed by atoms with Gasteiger partial charge in [-0.1, -0.05) is 29.8 Å². The van der Waals surface area contributed by atoms with Crippen molar-refractivity contribution in [1.82, 2.24) is 15.4 Å². The molecule has 0 amide bonds. The molecule has 5 nitrogen and oxygen atoms in total. The van der Waals surface area contributed by atoms with E-state index in [1.807, 2.05) is 0 Å². The van der Waals surface area contributed by atoms with Crippen LogP contribution in [0.1, 0.15) is 22.7 Å². The summed E-state index contributed by atoms with van der Waals surface area (Å²) in [7, 11) is 0. The third kappa shape index (κ3) is 1.60.